The van der Waals surface area contributed by atoms with Crippen molar-refractivity contribution in [2.24, 2.45) is 5.92 Å². The smallest absolute Gasteiger partial charge is 0.351 e. The van der Waals surface area contributed by atoms with Crippen molar-refractivity contribution in [1.29, 1.82) is 0 Å². The zero-order valence-electron chi connectivity index (χ0n) is 14.1. The second kappa shape index (κ2) is 6.29. The molecule has 1 aliphatic heterocycles. The van der Waals surface area contributed by atoms with Gasteiger partial charge in [0.1, 0.15) is 5.69 Å². The maximum absolute atomic E-state index is 12.6. The highest BCUT2D eigenvalue weighted by molar-refractivity contribution is 6.09. The second-order valence-corrected chi connectivity index (χ2v) is 6.71. The van der Waals surface area contributed by atoms with Crippen LogP contribution in [0.1, 0.15) is 10.5 Å². The van der Waals surface area contributed by atoms with Crippen molar-refractivity contribution in [3.05, 3.63) is 48.2 Å². The monoisotopic (exact) mass is 375 g/mol. The molecule has 4 rings (SSSR count). The maximum Gasteiger partial charge on any atom is 0.471 e. The first-order valence-electron chi connectivity index (χ1n) is 8.47. The minimum absolute atomic E-state index is 0.0978. The largest absolute Gasteiger partial charge is 0.471 e. The Kier molecular flexibility index (Phi) is 4.05. The van der Waals surface area contributed by atoms with Gasteiger partial charge in [0, 0.05) is 36.5 Å². The highest BCUT2D eigenvalue weighted by Crippen LogP contribution is 2.27. The van der Waals surface area contributed by atoms with Crippen LogP contribution in [-0.2, 0) is 4.79 Å². The first kappa shape index (κ1) is 17.4. The summed E-state index contributed by atoms with van der Waals surface area (Å²) in [7, 11) is 0. The van der Waals surface area contributed by atoms with Crippen molar-refractivity contribution >= 4 is 33.5 Å². The molecular formula is C19H16F3N3O2. The summed E-state index contributed by atoms with van der Waals surface area (Å²) in [6, 6.07) is 13.6. The molecule has 2 amide bonds. The quantitative estimate of drug-likeness (QED) is 0.739. The van der Waals surface area contributed by atoms with Gasteiger partial charge in [-0.25, -0.2) is 0 Å². The average molecular weight is 375 g/mol. The number of carbonyl (C=O) groups excluding carboxylic acids is 2. The van der Waals surface area contributed by atoms with E-state index in [0.717, 1.165) is 21.7 Å². The number of halogens is 3. The molecule has 2 N–H and O–H groups in total. The van der Waals surface area contributed by atoms with Gasteiger partial charge in [-0.2, -0.15) is 13.2 Å². The van der Waals surface area contributed by atoms with E-state index in [4.69, 9.17) is 0 Å². The van der Waals surface area contributed by atoms with Gasteiger partial charge in [-0.15, -0.1) is 0 Å². The summed E-state index contributed by atoms with van der Waals surface area (Å²) < 4.78 is 36.5. The number of carbonyl (C=O) groups is 2. The molecule has 0 spiro atoms. The van der Waals surface area contributed by atoms with E-state index in [1.807, 2.05) is 41.7 Å². The number of aromatic amines is 1. The van der Waals surface area contributed by atoms with Crippen LogP contribution in [0.25, 0.3) is 21.7 Å². The Morgan fingerprint density at radius 1 is 1.11 bits per heavy atom. The topological polar surface area (TPSA) is 65.2 Å². The lowest BCUT2D eigenvalue weighted by atomic mass is 9.99. The van der Waals surface area contributed by atoms with E-state index >= 15 is 0 Å². The number of hydrogen-bond acceptors (Lipinski definition) is 2. The number of hydrogen-bond donors (Lipinski definition) is 2. The number of amides is 2. The Balaban J connectivity index is 1.42. The molecule has 2 heterocycles. The van der Waals surface area contributed by atoms with Crippen LogP contribution in [0.2, 0.25) is 0 Å². The first-order valence-corrected chi connectivity index (χ1v) is 8.47. The summed E-state index contributed by atoms with van der Waals surface area (Å²) >= 11 is 0. The summed E-state index contributed by atoms with van der Waals surface area (Å²) in [4.78, 5) is 28.1. The zero-order chi connectivity index (χ0) is 19.2. The number of rotatable bonds is 3. The summed E-state index contributed by atoms with van der Waals surface area (Å²) in [6.07, 6.45) is -4.88. The highest BCUT2D eigenvalue weighted by Gasteiger charge is 2.40. The van der Waals surface area contributed by atoms with E-state index in [1.54, 1.807) is 11.0 Å². The van der Waals surface area contributed by atoms with Gasteiger partial charge in [-0.05, 0) is 22.9 Å². The van der Waals surface area contributed by atoms with Gasteiger partial charge in [0.05, 0.1) is 0 Å². The van der Waals surface area contributed by atoms with Crippen molar-refractivity contribution in [3.63, 3.8) is 0 Å². The molecule has 1 fully saturated rings. The van der Waals surface area contributed by atoms with Gasteiger partial charge in [-0.3, -0.25) is 9.59 Å². The molecule has 2 aromatic carbocycles. The van der Waals surface area contributed by atoms with Crippen molar-refractivity contribution in [3.8, 4) is 0 Å². The van der Waals surface area contributed by atoms with Crippen LogP contribution in [0, 0.1) is 5.92 Å². The molecule has 5 nitrogen and oxygen atoms in total. The highest BCUT2D eigenvalue weighted by atomic mass is 19.4. The summed E-state index contributed by atoms with van der Waals surface area (Å²) in [5.41, 5.74) is 1.30. The summed E-state index contributed by atoms with van der Waals surface area (Å²) in [6.45, 7) is 0.527. The molecule has 8 heteroatoms. The minimum atomic E-state index is -4.88. The number of aromatic nitrogens is 1. The van der Waals surface area contributed by atoms with Crippen LogP contribution in [0.5, 0.6) is 0 Å². The Hall–Kier alpha value is -3.03. The van der Waals surface area contributed by atoms with Crippen LogP contribution in [0.4, 0.5) is 13.2 Å². The maximum atomic E-state index is 12.6. The Morgan fingerprint density at radius 2 is 1.85 bits per heavy atom. The molecule has 1 aliphatic rings. The lowest BCUT2D eigenvalue weighted by Crippen LogP contribution is -2.54. The van der Waals surface area contributed by atoms with Crippen LogP contribution in [-0.4, -0.2) is 47.5 Å². The first-order chi connectivity index (χ1) is 12.8. The molecular weight excluding hydrogens is 359 g/mol. The predicted octanol–water partition coefficient (Wildman–Crippen LogP) is 3.07. The number of nitrogens with zero attached hydrogens (tertiary/aromatic N) is 1. The fourth-order valence-electron chi connectivity index (χ4n) is 3.37. The number of fused-ring (bicyclic) bond motifs is 3. The van der Waals surface area contributed by atoms with E-state index in [2.05, 4.69) is 4.98 Å². The molecule has 3 aromatic rings. The molecule has 0 saturated carbocycles. The average Bonchev–Trinajstić information content (AvgIpc) is 3.04. The molecule has 0 bridgehead atoms. The fourth-order valence-corrected chi connectivity index (χ4v) is 3.37. The fraction of sp³-hybridized carbons (Fsp3) is 0.263. The molecule has 0 atom stereocenters. The molecule has 140 valence electrons. The Bertz CT molecular complexity index is 1040. The van der Waals surface area contributed by atoms with Crippen LogP contribution in [0.3, 0.4) is 0 Å². The van der Waals surface area contributed by atoms with Crippen molar-refractivity contribution in [1.82, 2.24) is 15.2 Å². The summed E-state index contributed by atoms with van der Waals surface area (Å²) in [5.74, 6) is -2.33. The Morgan fingerprint density at radius 3 is 2.59 bits per heavy atom. The van der Waals surface area contributed by atoms with E-state index in [9.17, 15) is 22.8 Å². The molecule has 0 aliphatic carbocycles. The number of likely N-dealkylation sites (tertiary alicyclic amines) is 1. The number of nitrogens with one attached hydrogen (secondary N) is 2. The molecule has 0 radical (unpaired) electrons. The number of H-pyrrole nitrogens is 1. The van der Waals surface area contributed by atoms with E-state index < -0.39 is 12.1 Å². The van der Waals surface area contributed by atoms with E-state index in [0.29, 0.717) is 18.8 Å². The molecule has 27 heavy (non-hydrogen) atoms. The van der Waals surface area contributed by atoms with E-state index in [1.165, 1.54) is 0 Å². The van der Waals surface area contributed by atoms with Gasteiger partial charge < -0.3 is 15.2 Å². The van der Waals surface area contributed by atoms with Gasteiger partial charge in [0.25, 0.3) is 5.91 Å². The predicted molar refractivity (Wildman–Crippen MR) is 94.3 cm³/mol. The van der Waals surface area contributed by atoms with Crippen molar-refractivity contribution < 1.29 is 22.8 Å². The normalized spacial score (nSPS) is 15.1. The standard InChI is InChI=1S/C19H16F3N3O2/c20-19(21,22)18(27)23-8-11-9-25(10-11)17(26)16-7-14-13-4-2-1-3-12(13)5-6-15(14)24-16/h1-7,11,24H,8-10H2,(H,23,27). The zero-order valence-corrected chi connectivity index (χ0v) is 14.1. The van der Waals surface area contributed by atoms with Gasteiger partial charge in [0.15, 0.2) is 0 Å². The third-order valence-corrected chi connectivity index (χ3v) is 4.81. The number of alkyl halides is 3. The summed E-state index contributed by atoms with van der Waals surface area (Å²) in [5, 5.41) is 4.93. The SMILES string of the molecule is O=C(c1cc2c(ccc3ccccc32)[nH]1)N1CC(CNC(=O)C(F)(F)F)C1. The van der Waals surface area contributed by atoms with Gasteiger partial charge in [0.2, 0.25) is 0 Å². The minimum Gasteiger partial charge on any atom is -0.351 e. The van der Waals surface area contributed by atoms with Crippen molar-refractivity contribution in [2.75, 3.05) is 19.6 Å². The lowest BCUT2D eigenvalue weighted by Gasteiger charge is -2.39. The van der Waals surface area contributed by atoms with Gasteiger partial charge >= 0.3 is 12.1 Å². The van der Waals surface area contributed by atoms with Crippen molar-refractivity contribution in [2.45, 2.75) is 6.18 Å². The lowest BCUT2D eigenvalue weighted by molar-refractivity contribution is -0.173. The van der Waals surface area contributed by atoms with Crippen LogP contribution in [0.15, 0.2) is 42.5 Å². The van der Waals surface area contributed by atoms with E-state index in [-0.39, 0.29) is 18.4 Å². The molecule has 1 aromatic heterocycles. The molecule has 1 saturated heterocycles. The Labute approximate surface area is 152 Å². The van der Waals surface area contributed by atoms with Gasteiger partial charge in [-0.1, -0.05) is 30.3 Å². The second-order valence-electron chi connectivity index (χ2n) is 6.71. The van der Waals surface area contributed by atoms with Crippen LogP contribution >= 0.6 is 0 Å². The third kappa shape index (κ3) is 3.22. The third-order valence-electron chi connectivity index (χ3n) is 4.81. The molecule has 0 unspecified atom stereocenters. The van der Waals surface area contributed by atoms with Crippen LogP contribution < -0.4 is 5.32 Å². The number of benzene rings is 2.